The Morgan fingerprint density at radius 2 is 1.46 bits per heavy atom. The molecule has 3 aromatic rings. The van der Waals surface area contributed by atoms with E-state index in [0.717, 1.165) is 22.4 Å². The number of carbonyl (C=O) groups is 1. The lowest BCUT2D eigenvalue weighted by molar-refractivity contribution is -0.342. The van der Waals surface area contributed by atoms with E-state index in [4.69, 9.17) is 63.2 Å². The largest absolute Gasteiger partial charge is 0.497 e. The molecular weight excluding hydrogens is 593 g/mol. The summed E-state index contributed by atoms with van der Waals surface area (Å²) in [5.74, 6) is -0.120. The number of halogens is 3. The normalized spacial score (nSPS) is 26.1. The molecule has 0 bridgehead atoms. The first-order valence-electron chi connectivity index (χ1n) is 13.1. The van der Waals surface area contributed by atoms with Gasteiger partial charge in [-0.25, -0.2) is 0 Å². The number of carbonyl (C=O) groups excluding carboxylic acids is 1. The molecule has 1 N–H and O–H groups in total. The minimum Gasteiger partial charge on any atom is -0.497 e. The van der Waals surface area contributed by atoms with E-state index in [-0.39, 0.29) is 19.8 Å². The fourth-order valence-corrected chi connectivity index (χ4v) is 4.91. The van der Waals surface area contributed by atoms with Crippen LogP contribution in [0.25, 0.3) is 0 Å². The maximum atomic E-state index is 12.7. The Bertz CT molecular complexity index is 1260. The number of rotatable bonds is 9. The summed E-state index contributed by atoms with van der Waals surface area (Å²) in [5, 5.41) is 2.67. The van der Waals surface area contributed by atoms with Crippen molar-refractivity contribution >= 4 is 40.7 Å². The zero-order chi connectivity index (χ0) is 28.8. The standard InChI is InChI=1S/C30H30Cl3NO7/c1-36-22-14-12-20(13-15-22)17-37-25-24-23(18-39-28(41-24)21-10-6-3-7-11-21)40-27(34-29(35)30(31,32)33)26(25)38-16-19-8-4-2-5-9-19/h2-15,23-28H,16-18H2,1H3,(H,34,35)/t23-,24-,25+,26+,27-,28-/m1/s1. The Kier molecular flexibility index (Phi) is 10.1. The molecule has 0 aromatic heterocycles. The van der Waals surface area contributed by atoms with Crippen LogP contribution in [-0.2, 0) is 41.7 Å². The lowest BCUT2D eigenvalue weighted by Gasteiger charge is -2.49. The Hall–Kier alpha value is -2.40. The fourth-order valence-electron chi connectivity index (χ4n) is 4.74. The van der Waals surface area contributed by atoms with Crippen LogP contribution >= 0.6 is 34.8 Å². The smallest absolute Gasteiger partial charge is 0.274 e. The Balaban J connectivity index is 1.44. The van der Waals surface area contributed by atoms with Gasteiger partial charge in [-0.2, -0.15) is 0 Å². The summed E-state index contributed by atoms with van der Waals surface area (Å²) >= 11 is 17.6. The highest BCUT2D eigenvalue weighted by atomic mass is 35.6. The number of benzene rings is 3. The van der Waals surface area contributed by atoms with Crippen molar-refractivity contribution in [1.82, 2.24) is 5.32 Å². The summed E-state index contributed by atoms with van der Waals surface area (Å²) in [6.45, 7) is 0.625. The molecule has 218 valence electrons. The van der Waals surface area contributed by atoms with Crippen LogP contribution in [0.5, 0.6) is 5.75 Å². The predicted molar refractivity (Wildman–Crippen MR) is 154 cm³/mol. The molecule has 11 heteroatoms. The second-order valence-electron chi connectivity index (χ2n) is 9.63. The predicted octanol–water partition coefficient (Wildman–Crippen LogP) is 5.49. The van der Waals surface area contributed by atoms with Crippen molar-refractivity contribution in [2.75, 3.05) is 13.7 Å². The van der Waals surface area contributed by atoms with Gasteiger partial charge in [-0.3, -0.25) is 4.79 Å². The molecule has 41 heavy (non-hydrogen) atoms. The van der Waals surface area contributed by atoms with Crippen molar-refractivity contribution < 1.29 is 33.2 Å². The van der Waals surface area contributed by atoms with Crippen LogP contribution in [0.15, 0.2) is 84.9 Å². The number of methoxy groups -OCH3 is 1. The van der Waals surface area contributed by atoms with E-state index >= 15 is 0 Å². The van der Waals surface area contributed by atoms with Crippen LogP contribution in [-0.4, -0.2) is 54.1 Å². The van der Waals surface area contributed by atoms with Gasteiger partial charge < -0.3 is 33.7 Å². The molecule has 1 amide bonds. The number of hydrogen-bond donors (Lipinski definition) is 1. The molecule has 0 spiro atoms. The van der Waals surface area contributed by atoms with Crippen molar-refractivity contribution in [2.45, 2.75) is 53.9 Å². The number of alkyl halides is 3. The van der Waals surface area contributed by atoms with Crippen LogP contribution in [0.1, 0.15) is 23.0 Å². The van der Waals surface area contributed by atoms with Crippen molar-refractivity contribution in [2.24, 2.45) is 0 Å². The van der Waals surface area contributed by atoms with Crippen LogP contribution in [0.2, 0.25) is 0 Å². The quantitative estimate of drug-likeness (QED) is 0.316. The third-order valence-electron chi connectivity index (χ3n) is 6.82. The van der Waals surface area contributed by atoms with Crippen LogP contribution in [0.4, 0.5) is 0 Å². The van der Waals surface area contributed by atoms with Crippen molar-refractivity contribution in [3.63, 3.8) is 0 Å². The average Bonchev–Trinajstić information content (AvgIpc) is 2.99. The number of nitrogens with one attached hydrogen (secondary N) is 1. The first-order valence-corrected chi connectivity index (χ1v) is 14.2. The SMILES string of the molecule is COc1ccc(CO[C@@H]2[C@H](OCc3ccccc3)[C@H](NC(=O)C(Cl)(Cl)Cl)O[C@@H]3CO[C@@H](c4ccccc4)O[C@@H]23)cc1. The van der Waals surface area contributed by atoms with Gasteiger partial charge in [0.05, 0.1) is 26.9 Å². The summed E-state index contributed by atoms with van der Waals surface area (Å²) in [4.78, 5) is 12.7. The Morgan fingerprint density at radius 1 is 0.854 bits per heavy atom. The summed E-state index contributed by atoms with van der Waals surface area (Å²) in [6.07, 6.45) is -4.41. The first kappa shape index (κ1) is 30.1. The molecule has 0 aliphatic carbocycles. The third kappa shape index (κ3) is 7.71. The highest BCUT2D eigenvalue weighted by molar-refractivity contribution is 6.76. The maximum Gasteiger partial charge on any atom is 0.274 e. The summed E-state index contributed by atoms with van der Waals surface area (Å²) in [6, 6.07) is 26.8. The summed E-state index contributed by atoms with van der Waals surface area (Å²) < 4.78 is 34.7. The topological polar surface area (TPSA) is 84.5 Å². The van der Waals surface area contributed by atoms with Gasteiger partial charge in [0.2, 0.25) is 0 Å². The molecule has 0 saturated carbocycles. The first-order chi connectivity index (χ1) is 19.8. The van der Waals surface area contributed by atoms with Crippen molar-refractivity contribution in [3.05, 3.63) is 102 Å². The van der Waals surface area contributed by atoms with E-state index < -0.39 is 46.6 Å². The van der Waals surface area contributed by atoms with Crippen LogP contribution in [0.3, 0.4) is 0 Å². The molecule has 5 rings (SSSR count). The highest BCUT2D eigenvalue weighted by Gasteiger charge is 2.52. The second-order valence-corrected chi connectivity index (χ2v) is 11.9. The zero-order valence-corrected chi connectivity index (χ0v) is 24.4. The van der Waals surface area contributed by atoms with Gasteiger partial charge in [0.25, 0.3) is 9.70 Å². The molecule has 2 fully saturated rings. The van der Waals surface area contributed by atoms with E-state index in [2.05, 4.69) is 5.32 Å². The lowest BCUT2D eigenvalue weighted by Crippen LogP contribution is -2.67. The molecule has 6 atom stereocenters. The van der Waals surface area contributed by atoms with Gasteiger partial charge in [0.1, 0.15) is 30.2 Å². The van der Waals surface area contributed by atoms with E-state index in [9.17, 15) is 4.79 Å². The molecule has 2 aliphatic heterocycles. The summed E-state index contributed by atoms with van der Waals surface area (Å²) in [7, 11) is 1.61. The van der Waals surface area contributed by atoms with E-state index in [1.165, 1.54) is 0 Å². The zero-order valence-electron chi connectivity index (χ0n) is 22.2. The number of amides is 1. The van der Waals surface area contributed by atoms with Gasteiger partial charge in [0.15, 0.2) is 12.5 Å². The average molecular weight is 623 g/mol. The second kappa shape index (κ2) is 13.7. The Morgan fingerprint density at radius 3 is 2.10 bits per heavy atom. The van der Waals surface area contributed by atoms with Gasteiger partial charge in [0, 0.05) is 5.56 Å². The monoisotopic (exact) mass is 621 g/mol. The minimum absolute atomic E-state index is 0.179. The third-order valence-corrected chi connectivity index (χ3v) is 7.33. The van der Waals surface area contributed by atoms with E-state index in [0.29, 0.717) is 0 Å². The Labute approximate surface area is 253 Å². The van der Waals surface area contributed by atoms with E-state index in [1.54, 1.807) is 7.11 Å². The highest BCUT2D eigenvalue weighted by Crippen LogP contribution is 2.37. The molecule has 2 aliphatic rings. The van der Waals surface area contributed by atoms with Gasteiger partial charge in [-0.05, 0) is 23.3 Å². The van der Waals surface area contributed by atoms with Gasteiger partial charge in [-0.1, -0.05) is 108 Å². The molecule has 3 aromatic carbocycles. The number of hydrogen-bond acceptors (Lipinski definition) is 7. The minimum atomic E-state index is -2.21. The molecule has 2 saturated heterocycles. The van der Waals surface area contributed by atoms with Crippen LogP contribution in [0, 0.1) is 0 Å². The van der Waals surface area contributed by atoms with Crippen molar-refractivity contribution in [3.8, 4) is 5.75 Å². The summed E-state index contributed by atoms with van der Waals surface area (Å²) in [5.41, 5.74) is 2.68. The van der Waals surface area contributed by atoms with Crippen LogP contribution < -0.4 is 10.1 Å². The molecular formula is C30H30Cl3NO7. The van der Waals surface area contributed by atoms with E-state index in [1.807, 2.05) is 84.9 Å². The maximum absolute atomic E-state index is 12.7. The lowest BCUT2D eigenvalue weighted by atomic mass is 9.96. The fraction of sp³-hybridized carbons (Fsp3) is 0.367. The number of fused-ring (bicyclic) bond motifs is 1. The molecule has 0 unspecified atom stereocenters. The van der Waals surface area contributed by atoms with Crippen molar-refractivity contribution in [1.29, 1.82) is 0 Å². The molecule has 8 nitrogen and oxygen atoms in total. The number of ether oxygens (including phenoxy) is 6. The molecule has 2 heterocycles. The van der Waals surface area contributed by atoms with Gasteiger partial charge in [-0.15, -0.1) is 0 Å². The molecule has 0 radical (unpaired) electrons. The van der Waals surface area contributed by atoms with Gasteiger partial charge >= 0.3 is 0 Å².